The summed E-state index contributed by atoms with van der Waals surface area (Å²) in [6, 6.07) is 4.59. The highest BCUT2D eigenvalue weighted by atomic mass is 16.7. The van der Waals surface area contributed by atoms with Crippen molar-refractivity contribution in [2.24, 2.45) is 0 Å². The number of ether oxygens (including phenoxy) is 8. The predicted molar refractivity (Wildman–Crippen MR) is 179 cm³/mol. The van der Waals surface area contributed by atoms with E-state index < -0.39 is 78.5 Å². The maximum absolute atomic E-state index is 13.2. The Bertz CT molecular complexity index is 1560. The molecule has 3 rings (SSSR count). The molecule has 15 heteroatoms. The molecule has 282 valence electrons. The topological polar surface area (TPSA) is 189 Å². The first-order chi connectivity index (χ1) is 24.3. The summed E-state index contributed by atoms with van der Waals surface area (Å²) in [5.74, 6) is -4.69. The predicted octanol–water partition coefficient (Wildman–Crippen LogP) is 5.09. The summed E-state index contributed by atoms with van der Waals surface area (Å²) < 4.78 is 50.2. The number of hydrogen-bond donors (Lipinski definition) is 0. The van der Waals surface area contributed by atoms with Crippen LogP contribution in [0.2, 0.25) is 0 Å². The van der Waals surface area contributed by atoms with Gasteiger partial charge < -0.3 is 42.3 Å². The van der Waals surface area contributed by atoms with E-state index in [1.807, 2.05) is 0 Å². The quantitative estimate of drug-likeness (QED) is 0.0807. The SMILES string of the molecule is CCCCCCCCCCCOc1ccc2c(O[C@@H]3O[C@H](COC(C)=O)[C@H](OC(C)=O)[C@H](OC(C)=O)[C@H]3OC(C)=O)c(OC(C)=O)c(=O)oc2c1. The normalized spacial score (nSPS) is 19.8. The molecule has 5 atom stereocenters. The van der Waals surface area contributed by atoms with Crippen molar-refractivity contribution < 1.29 is 66.3 Å². The standard InChI is InChI=1S/C36H48O15/c1-7-8-9-10-11-12-13-14-15-18-43-26-16-17-27-28(19-26)49-35(42)33(47-24(5)40)30(27)51-36-34(48-25(6)41)32(46-23(4)39)31(45-22(3)38)29(50-36)20-44-21(2)37/h16-17,19,29,31-32,34,36H,7-15,18,20H2,1-6H3/t29-,31+,32+,34-,36+/m1/s1. The van der Waals surface area contributed by atoms with Crippen molar-refractivity contribution in [3.63, 3.8) is 0 Å². The summed E-state index contributed by atoms with van der Waals surface area (Å²) in [5.41, 5.74) is -1.09. The lowest BCUT2D eigenvalue weighted by Gasteiger charge is -2.44. The third-order valence-electron chi connectivity index (χ3n) is 7.74. The third kappa shape index (κ3) is 12.9. The van der Waals surface area contributed by atoms with Crippen LogP contribution in [0.1, 0.15) is 99.3 Å². The molecule has 0 bridgehead atoms. The zero-order valence-electron chi connectivity index (χ0n) is 30.0. The van der Waals surface area contributed by atoms with Crippen molar-refractivity contribution in [2.45, 2.75) is 130 Å². The highest BCUT2D eigenvalue weighted by Gasteiger charge is 2.53. The van der Waals surface area contributed by atoms with Gasteiger partial charge in [0.2, 0.25) is 12.4 Å². The van der Waals surface area contributed by atoms with Crippen molar-refractivity contribution in [3.8, 4) is 17.2 Å². The molecule has 2 aromatic rings. The Kier molecular flexibility index (Phi) is 16.2. The molecule has 0 spiro atoms. The van der Waals surface area contributed by atoms with Gasteiger partial charge in [-0.05, 0) is 18.6 Å². The highest BCUT2D eigenvalue weighted by Crippen LogP contribution is 2.38. The Balaban J connectivity index is 1.95. The second-order valence-corrected chi connectivity index (χ2v) is 12.2. The van der Waals surface area contributed by atoms with Crippen LogP contribution in [0, 0.1) is 0 Å². The van der Waals surface area contributed by atoms with Gasteiger partial charge in [-0.3, -0.25) is 24.0 Å². The lowest BCUT2D eigenvalue weighted by molar-refractivity contribution is -0.288. The van der Waals surface area contributed by atoms with Crippen LogP contribution in [0.15, 0.2) is 27.4 Å². The first-order valence-corrected chi connectivity index (χ1v) is 17.2. The Morgan fingerprint density at radius 3 is 1.86 bits per heavy atom. The van der Waals surface area contributed by atoms with Gasteiger partial charge in [-0.25, -0.2) is 4.79 Å². The molecule has 0 unspecified atom stereocenters. The molecule has 51 heavy (non-hydrogen) atoms. The van der Waals surface area contributed by atoms with Crippen LogP contribution < -0.4 is 19.8 Å². The molecule has 1 aliphatic heterocycles. The zero-order chi connectivity index (χ0) is 37.5. The summed E-state index contributed by atoms with van der Waals surface area (Å²) in [6.45, 7) is 7.56. The summed E-state index contributed by atoms with van der Waals surface area (Å²) in [7, 11) is 0. The smallest absolute Gasteiger partial charge is 0.383 e. The number of carbonyl (C=O) groups excluding carboxylic acids is 5. The van der Waals surface area contributed by atoms with Gasteiger partial charge in [0.05, 0.1) is 12.0 Å². The molecular weight excluding hydrogens is 672 g/mol. The van der Waals surface area contributed by atoms with Gasteiger partial charge in [0.1, 0.15) is 24.0 Å². The zero-order valence-corrected chi connectivity index (χ0v) is 30.0. The number of carbonyl (C=O) groups is 5. The maximum atomic E-state index is 13.2. The van der Waals surface area contributed by atoms with E-state index in [-0.39, 0.29) is 16.7 Å². The number of benzene rings is 1. The molecule has 15 nitrogen and oxygen atoms in total. The molecule has 0 aliphatic carbocycles. The van der Waals surface area contributed by atoms with E-state index in [0.717, 1.165) is 53.9 Å². The number of unbranched alkanes of at least 4 members (excludes halogenated alkanes) is 8. The van der Waals surface area contributed by atoms with Gasteiger partial charge in [0, 0.05) is 40.7 Å². The molecule has 2 heterocycles. The summed E-state index contributed by atoms with van der Waals surface area (Å²) in [6.07, 6.45) is 2.74. The van der Waals surface area contributed by atoms with E-state index in [4.69, 9.17) is 42.3 Å². The monoisotopic (exact) mass is 720 g/mol. The van der Waals surface area contributed by atoms with Crippen molar-refractivity contribution in [1.29, 1.82) is 0 Å². The maximum Gasteiger partial charge on any atom is 0.383 e. The van der Waals surface area contributed by atoms with E-state index in [1.54, 1.807) is 6.07 Å². The number of rotatable bonds is 19. The van der Waals surface area contributed by atoms with Crippen LogP contribution in [0.25, 0.3) is 11.0 Å². The molecular formula is C36H48O15. The molecule has 1 aromatic heterocycles. The highest BCUT2D eigenvalue weighted by molar-refractivity contribution is 5.87. The van der Waals surface area contributed by atoms with E-state index in [1.165, 1.54) is 50.7 Å². The van der Waals surface area contributed by atoms with Gasteiger partial charge in [-0.1, -0.05) is 58.3 Å². The minimum atomic E-state index is -1.72. The fraction of sp³-hybridized carbons (Fsp3) is 0.611. The second kappa shape index (κ2) is 20.3. The van der Waals surface area contributed by atoms with E-state index in [0.29, 0.717) is 12.4 Å². The van der Waals surface area contributed by atoms with Gasteiger partial charge in [-0.15, -0.1) is 0 Å². The number of esters is 5. The van der Waals surface area contributed by atoms with Crippen molar-refractivity contribution in [1.82, 2.24) is 0 Å². The van der Waals surface area contributed by atoms with E-state index >= 15 is 0 Å². The van der Waals surface area contributed by atoms with Gasteiger partial charge in [0.25, 0.3) is 5.75 Å². The minimum Gasteiger partial charge on any atom is -0.493 e. The summed E-state index contributed by atoms with van der Waals surface area (Å²) in [5, 5.41) is 0.133. The lowest BCUT2D eigenvalue weighted by Crippen LogP contribution is -2.63. The van der Waals surface area contributed by atoms with E-state index in [9.17, 15) is 28.8 Å². The molecule has 0 radical (unpaired) electrons. The van der Waals surface area contributed by atoms with E-state index in [2.05, 4.69) is 6.92 Å². The van der Waals surface area contributed by atoms with Crippen molar-refractivity contribution in [3.05, 3.63) is 28.6 Å². The average molecular weight is 721 g/mol. The molecule has 1 aromatic carbocycles. The lowest BCUT2D eigenvalue weighted by atomic mass is 9.98. The third-order valence-corrected chi connectivity index (χ3v) is 7.74. The Hall–Kier alpha value is -4.66. The molecule has 1 fully saturated rings. The van der Waals surface area contributed by atoms with Crippen LogP contribution in [0.3, 0.4) is 0 Å². The van der Waals surface area contributed by atoms with Crippen LogP contribution in [0.4, 0.5) is 0 Å². The van der Waals surface area contributed by atoms with Gasteiger partial charge in [-0.2, -0.15) is 0 Å². The fourth-order valence-electron chi connectivity index (χ4n) is 5.58. The Labute approximate surface area is 296 Å². The summed E-state index contributed by atoms with van der Waals surface area (Å²) in [4.78, 5) is 73.6. The number of fused-ring (bicyclic) bond motifs is 1. The van der Waals surface area contributed by atoms with Crippen LogP contribution in [-0.2, 0) is 47.7 Å². The molecule has 0 saturated carbocycles. The average Bonchev–Trinajstić information content (AvgIpc) is 3.04. The van der Waals surface area contributed by atoms with Crippen LogP contribution in [0.5, 0.6) is 17.2 Å². The minimum absolute atomic E-state index is 0.00103. The number of hydrogen-bond acceptors (Lipinski definition) is 15. The molecule has 1 aliphatic rings. The summed E-state index contributed by atoms with van der Waals surface area (Å²) >= 11 is 0. The first-order valence-electron chi connectivity index (χ1n) is 17.2. The van der Waals surface area contributed by atoms with Crippen molar-refractivity contribution in [2.75, 3.05) is 13.2 Å². The van der Waals surface area contributed by atoms with Crippen molar-refractivity contribution >= 4 is 40.8 Å². The Morgan fingerprint density at radius 1 is 0.686 bits per heavy atom. The largest absolute Gasteiger partial charge is 0.493 e. The van der Waals surface area contributed by atoms with Gasteiger partial charge >= 0.3 is 35.5 Å². The molecule has 0 N–H and O–H groups in total. The van der Waals surface area contributed by atoms with Crippen LogP contribution >= 0.6 is 0 Å². The van der Waals surface area contributed by atoms with Crippen LogP contribution in [-0.4, -0.2) is 73.8 Å². The fourth-order valence-corrected chi connectivity index (χ4v) is 5.58. The Morgan fingerprint density at radius 2 is 1.27 bits per heavy atom. The first kappa shape index (κ1) is 40.8. The molecule has 1 saturated heterocycles. The second-order valence-electron chi connectivity index (χ2n) is 12.2. The molecule has 0 amide bonds. The van der Waals surface area contributed by atoms with Gasteiger partial charge in [0.15, 0.2) is 18.0 Å².